The summed E-state index contributed by atoms with van der Waals surface area (Å²) in [5, 5.41) is 6.36. The van der Waals surface area contributed by atoms with Crippen LogP contribution < -0.4 is 10.5 Å². The Morgan fingerprint density at radius 2 is 1.91 bits per heavy atom. The normalized spacial score (nSPS) is 17.3. The minimum Gasteiger partial charge on any atom is -0.367 e. The van der Waals surface area contributed by atoms with E-state index in [4.69, 9.17) is 0 Å². The molecule has 1 N–H and O–H groups in total. The molecule has 0 radical (unpaired) electrons. The zero-order chi connectivity index (χ0) is 16.4. The Morgan fingerprint density at radius 1 is 1.22 bits per heavy atom. The molecule has 2 aromatic rings. The summed E-state index contributed by atoms with van der Waals surface area (Å²) in [4.78, 5) is 16.4. The van der Waals surface area contributed by atoms with Gasteiger partial charge in [-0.25, -0.2) is 5.10 Å². The number of anilines is 1. The molecular weight excluding hydrogens is 356 g/mol. The first-order chi connectivity index (χ1) is 11.1. The molecule has 3 rings (SSSR count). The number of aromatic amines is 1. The second-order valence-electron chi connectivity index (χ2n) is 5.95. The van der Waals surface area contributed by atoms with E-state index in [2.05, 4.69) is 74.0 Å². The summed E-state index contributed by atoms with van der Waals surface area (Å²) in [6.45, 7) is 8.15. The lowest BCUT2D eigenvalue weighted by molar-refractivity contribution is 0.198. The lowest BCUT2D eigenvalue weighted by atomic mass is 10.0. The number of benzene rings is 1. The molecule has 0 amide bonds. The highest BCUT2D eigenvalue weighted by atomic mass is 79.9. The minimum atomic E-state index is -0.182. The summed E-state index contributed by atoms with van der Waals surface area (Å²) in [5.74, 6) is 0. The number of piperazine rings is 1. The van der Waals surface area contributed by atoms with Crippen LogP contribution in [0.3, 0.4) is 0 Å². The zero-order valence-corrected chi connectivity index (χ0v) is 15.0. The molecule has 1 fully saturated rings. The predicted molar refractivity (Wildman–Crippen MR) is 95.9 cm³/mol. The third-order valence-electron chi connectivity index (χ3n) is 4.62. The van der Waals surface area contributed by atoms with Gasteiger partial charge in [0.25, 0.3) is 5.56 Å². The van der Waals surface area contributed by atoms with Gasteiger partial charge in [0.05, 0.1) is 11.9 Å². The summed E-state index contributed by atoms with van der Waals surface area (Å²) in [7, 11) is 0. The van der Waals surface area contributed by atoms with Crippen molar-refractivity contribution in [2.24, 2.45) is 0 Å². The molecule has 2 heterocycles. The molecule has 0 spiro atoms. The Morgan fingerprint density at radius 3 is 2.61 bits per heavy atom. The van der Waals surface area contributed by atoms with Crippen LogP contribution in [0.15, 0.2) is 39.7 Å². The van der Waals surface area contributed by atoms with E-state index in [9.17, 15) is 4.79 Å². The van der Waals surface area contributed by atoms with E-state index in [-0.39, 0.29) is 5.56 Å². The van der Waals surface area contributed by atoms with E-state index in [0.717, 1.165) is 31.9 Å². The van der Waals surface area contributed by atoms with Crippen LogP contribution in [0.5, 0.6) is 0 Å². The van der Waals surface area contributed by atoms with Gasteiger partial charge in [0.15, 0.2) is 0 Å². The van der Waals surface area contributed by atoms with Gasteiger partial charge in [0.1, 0.15) is 4.47 Å². The maximum absolute atomic E-state index is 11.7. The predicted octanol–water partition coefficient (Wildman–Crippen LogP) is 2.72. The Kier molecular flexibility index (Phi) is 4.82. The van der Waals surface area contributed by atoms with Crippen molar-refractivity contribution in [3.63, 3.8) is 0 Å². The van der Waals surface area contributed by atoms with Crippen molar-refractivity contribution in [1.82, 2.24) is 15.1 Å². The fourth-order valence-electron chi connectivity index (χ4n) is 3.20. The molecule has 6 heteroatoms. The second kappa shape index (κ2) is 6.84. The van der Waals surface area contributed by atoms with Crippen LogP contribution in [-0.4, -0.2) is 41.3 Å². The molecule has 5 nitrogen and oxygen atoms in total. The minimum absolute atomic E-state index is 0.182. The molecule has 1 aromatic heterocycles. The average Bonchev–Trinajstić information content (AvgIpc) is 2.57. The van der Waals surface area contributed by atoms with Crippen LogP contribution in [-0.2, 0) is 0 Å². The fourth-order valence-corrected chi connectivity index (χ4v) is 3.64. The largest absolute Gasteiger partial charge is 0.367 e. The topological polar surface area (TPSA) is 52.2 Å². The van der Waals surface area contributed by atoms with Crippen LogP contribution >= 0.6 is 15.9 Å². The first-order valence-electron chi connectivity index (χ1n) is 7.85. The molecular formula is C17H21BrN4O. The number of H-pyrrole nitrogens is 1. The standard InChI is InChI=1S/C17H21BrN4O/c1-12-5-3-4-6-14(12)13(2)21-7-9-22(10-8-21)15-11-19-20-17(23)16(15)18/h3-6,11,13H,7-10H2,1-2H3,(H,20,23). The maximum Gasteiger partial charge on any atom is 0.280 e. The maximum atomic E-state index is 11.7. The molecule has 1 aromatic carbocycles. The Labute approximate surface area is 144 Å². The van der Waals surface area contributed by atoms with Crippen molar-refractivity contribution < 1.29 is 0 Å². The lowest BCUT2D eigenvalue weighted by Crippen LogP contribution is -2.47. The SMILES string of the molecule is Cc1ccccc1C(C)N1CCN(c2cn[nH]c(=O)c2Br)CC1. The summed E-state index contributed by atoms with van der Waals surface area (Å²) in [5.41, 5.74) is 3.42. The van der Waals surface area contributed by atoms with Crippen molar-refractivity contribution in [3.8, 4) is 0 Å². The Bertz CT molecular complexity index is 737. The van der Waals surface area contributed by atoms with E-state index in [1.165, 1.54) is 11.1 Å². The highest BCUT2D eigenvalue weighted by molar-refractivity contribution is 9.10. The summed E-state index contributed by atoms with van der Waals surface area (Å²) >= 11 is 3.37. The second-order valence-corrected chi connectivity index (χ2v) is 6.75. The monoisotopic (exact) mass is 376 g/mol. The number of hydrogen-bond acceptors (Lipinski definition) is 4. The molecule has 0 bridgehead atoms. The van der Waals surface area contributed by atoms with E-state index < -0.39 is 0 Å². The van der Waals surface area contributed by atoms with Crippen LogP contribution in [0.25, 0.3) is 0 Å². The molecule has 122 valence electrons. The Balaban J connectivity index is 1.70. The third kappa shape index (κ3) is 3.33. The highest BCUT2D eigenvalue weighted by Crippen LogP contribution is 2.27. The van der Waals surface area contributed by atoms with Gasteiger partial charge in [0.2, 0.25) is 0 Å². The number of halogens is 1. The summed E-state index contributed by atoms with van der Waals surface area (Å²) in [6.07, 6.45) is 1.71. The number of nitrogens with one attached hydrogen (secondary N) is 1. The van der Waals surface area contributed by atoms with E-state index in [0.29, 0.717) is 10.5 Å². The van der Waals surface area contributed by atoms with Gasteiger partial charge in [-0.1, -0.05) is 24.3 Å². The van der Waals surface area contributed by atoms with Gasteiger partial charge in [-0.05, 0) is 40.9 Å². The van der Waals surface area contributed by atoms with E-state index in [1.807, 2.05) is 0 Å². The summed E-state index contributed by atoms with van der Waals surface area (Å²) in [6, 6.07) is 8.97. The summed E-state index contributed by atoms with van der Waals surface area (Å²) < 4.78 is 0.563. The van der Waals surface area contributed by atoms with Crippen LogP contribution in [0.2, 0.25) is 0 Å². The molecule has 1 aliphatic heterocycles. The first-order valence-corrected chi connectivity index (χ1v) is 8.65. The number of hydrogen-bond donors (Lipinski definition) is 1. The highest BCUT2D eigenvalue weighted by Gasteiger charge is 2.24. The van der Waals surface area contributed by atoms with Crippen LogP contribution in [0.1, 0.15) is 24.1 Å². The average molecular weight is 377 g/mol. The van der Waals surface area contributed by atoms with Gasteiger partial charge >= 0.3 is 0 Å². The quantitative estimate of drug-likeness (QED) is 0.894. The first kappa shape index (κ1) is 16.2. The van der Waals surface area contributed by atoms with E-state index in [1.54, 1.807) is 6.20 Å². The molecule has 1 unspecified atom stereocenters. The van der Waals surface area contributed by atoms with Crippen molar-refractivity contribution in [2.75, 3.05) is 31.1 Å². The lowest BCUT2D eigenvalue weighted by Gasteiger charge is -2.39. The molecule has 0 aliphatic carbocycles. The van der Waals surface area contributed by atoms with Gasteiger partial charge in [-0.3, -0.25) is 9.69 Å². The number of aromatic nitrogens is 2. The van der Waals surface area contributed by atoms with Gasteiger partial charge < -0.3 is 4.90 Å². The van der Waals surface area contributed by atoms with Crippen molar-refractivity contribution in [2.45, 2.75) is 19.9 Å². The molecule has 1 aliphatic rings. The van der Waals surface area contributed by atoms with Gasteiger partial charge in [-0.15, -0.1) is 0 Å². The van der Waals surface area contributed by atoms with Crippen LogP contribution in [0, 0.1) is 6.92 Å². The molecule has 1 atom stereocenters. The van der Waals surface area contributed by atoms with Crippen LogP contribution in [0.4, 0.5) is 5.69 Å². The van der Waals surface area contributed by atoms with E-state index >= 15 is 0 Å². The van der Waals surface area contributed by atoms with Gasteiger partial charge in [0, 0.05) is 32.2 Å². The number of rotatable bonds is 3. The fraction of sp³-hybridized carbons (Fsp3) is 0.412. The third-order valence-corrected chi connectivity index (χ3v) is 5.38. The molecule has 1 saturated heterocycles. The zero-order valence-electron chi connectivity index (χ0n) is 13.4. The molecule has 23 heavy (non-hydrogen) atoms. The smallest absolute Gasteiger partial charge is 0.280 e. The number of nitrogens with zero attached hydrogens (tertiary/aromatic N) is 3. The van der Waals surface area contributed by atoms with Crippen molar-refractivity contribution in [1.29, 1.82) is 0 Å². The van der Waals surface area contributed by atoms with Gasteiger partial charge in [-0.2, -0.15) is 5.10 Å². The van der Waals surface area contributed by atoms with Crippen molar-refractivity contribution in [3.05, 3.63) is 56.4 Å². The van der Waals surface area contributed by atoms with Crippen molar-refractivity contribution >= 4 is 21.6 Å². The molecule has 0 saturated carbocycles. The Hall–Kier alpha value is -1.66. The number of aryl methyl sites for hydroxylation is 1.